The van der Waals surface area contributed by atoms with E-state index < -0.39 is 0 Å². The molecule has 0 bridgehead atoms. The molecule has 0 spiro atoms. The van der Waals surface area contributed by atoms with Crippen molar-refractivity contribution in [2.75, 3.05) is 6.61 Å². The van der Waals surface area contributed by atoms with Crippen LogP contribution in [0.3, 0.4) is 0 Å². The number of nitrogens with one attached hydrogen (secondary N) is 1. The van der Waals surface area contributed by atoms with Crippen LogP contribution in [0.15, 0.2) is 29.4 Å². The van der Waals surface area contributed by atoms with Crippen LogP contribution in [0.4, 0.5) is 0 Å². The molecular weight excluding hydrogens is 256 g/mol. The van der Waals surface area contributed by atoms with Crippen molar-refractivity contribution in [3.05, 3.63) is 29.8 Å². The number of benzene rings is 1. The maximum atomic E-state index is 11.6. The second-order valence-electron chi connectivity index (χ2n) is 4.76. The molecule has 1 rings (SSSR count). The smallest absolute Gasteiger partial charge is 0.258 e. The molecule has 1 amide bonds. The summed E-state index contributed by atoms with van der Waals surface area (Å²) in [7, 11) is 0. The third-order valence-corrected chi connectivity index (χ3v) is 2.92. The van der Waals surface area contributed by atoms with Crippen LogP contribution in [-0.4, -0.2) is 29.5 Å². The number of hydrogen-bond donors (Lipinski definition) is 2. The Balaban J connectivity index is 2.44. The number of carbonyl (C=O) groups is 1. The van der Waals surface area contributed by atoms with E-state index in [1.165, 1.54) is 0 Å². The highest BCUT2D eigenvalue weighted by Gasteiger charge is 2.07. The summed E-state index contributed by atoms with van der Waals surface area (Å²) >= 11 is 0. The highest BCUT2D eigenvalue weighted by atomic mass is 16.5. The zero-order chi connectivity index (χ0) is 15.0. The second kappa shape index (κ2) is 8.19. The van der Waals surface area contributed by atoms with Crippen LogP contribution in [0, 0.1) is 0 Å². The van der Waals surface area contributed by atoms with Crippen LogP contribution in [0.2, 0.25) is 0 Å². The predicted octanol–water partition coefficient (Wildman–Crippen LogP) is 2.57. The third kappa shape index (κ3) is 5.30. The number of nitrogens with zero attached hydrogens (tertiary/aromatic N) is 1. The van der Waals surface area contributed by atoms with Crippen molar-refractivity contribution in [1.29, 1.82) is 0 Å². The van der Waals surface area contributed by atoms with E-state index in [2.05, 4.69) is 17.4 Å². The summed E-state index contributed by atoms with van der Waals surface area (Å²) < 4.78 is 5.40. The average Bonchev–Trinajstić information content (AvgIpc) is 2.45. The SMILES string of the molecule is CCCC(C)NC(=O)COc1ccc(C(C)=NO)cc1. The lowest BCUT2D eigenvalue weighted by molar-refractivity contribution is -0.123. The highest BCUT2D eigenvalue weighted by molar-refractivity contribution is 5.98. The van der Waals surface area contributed by atoms with Gasteiger partial charge < -0.3 is 15.3 Å². The van der Waals surface area contributed by atoms with E-state index in [-0.39, 0.29) is 18.6 Å². The maximum absolute atomic E-state index is 11.6. The number of rotatable bonds is 7. The van der Waals surface area contributed by atoms with E-state index in [9.17, 15) is 4.79 Å². The largest absolute Gasteiger partial charge is 0.484 e. The normalized spacial score (nSPS) is 12.8. The zero-order valence-electron chi connectivity index (χ0n) is 12.2. The Morgan fingerprint density at radius 3 is 2.60 bits per heavy atom. The summed E-state index contributed by atoms with van der Waals surface area (Å²) in [6.45, 7) is 5.77. The fourth-order valence-corrected chi connectivity index (χ4v) is 1.82. The fourth-order valence-electron chi connectivity index (χ4n) is 1.82. The van der Waals surface area contributed by atoms with Gasteiger partial charge in [0.25, 0.3) is 5.91 Å². The number of amides is 1. The van der Waals surface area contributed by atoms with Gasteiger partial charge in [-0.2, -0.15) is 0 Å². The zero-order valence-corrected chi connectivity index (χ0v) is 12.2. The number of ether oxygens (including phenoxy) is 1. The van der Waals surface area contributed by atoms with Crippen molar-refractivity contribution in [2.45, 2.75) is 39.7 Å². The molecular formula is C15H22N2O3. The molecule has 0 fully saturated rings. The molecule has 0 aliphatic rings. The molecule has 0 aromatic heterocycles. The minimum absolute atomic E-state index is 0.000469. The predicted molar refractivity (Wildman–Crippen MR) is 78.4 cm³/mol. The standard InChI is InChI=1S/C15H22N2O3/c1-4-5-11(2)16-15(18)10-20-14-8-6-13(7-9-14)12(3)17-19/h6-9,11,19H,4-5,10H2,1-3H3,(H,16,18). The van der Waals surface area contributed by atoms with Gasteiger partial charge >= 0.3 is 0 Å². The van der Waals surface area contributed by atoms with Crippen molar-refractivity contribution in [3.63, 3.8) is 0 Å². The minimum Gasteiger partial charge on any atom is -0.484 e. The van der Waals surface area contributed by atoms with Gasteiger partial charge in [-0.05, 0) is 50.1 Å². The molecule has 2 N–H and O–H groups in total. The molecule has 1 unspecified atom stereocenters. The van der Waals surface area contributed by atoms with Crippen LogP contribution < -0.4 is 10.1 Å². The lowest BCUT2D eigenvalue weighted by Crippen LogP contribution is -2.35. The lowest BCUT2D eigenvalue weighted by Gasteiger charge is -2.13. The van der Waals surface area contributed by atoms with Crippen molar-refractivity contribution in [1.82, 2.24) is 5.32 Å². The second-order valence-corrected chi connectivity index (χ2v) is 4.76. The van der Waals surface area contributed by atoms with E-state index in [0.29, 0.717) is 11.5 Å². The molecule has 1 aromatic carbocycles. The van der Waals surface area contributed by atoms with E-state index >= 15 is 0 Å². The fraction of sp³-hybridized carbons (Fsp3) is 0.467. The molecule has 0 saturated heterocycles. The molecule has 5 heteroatoms. The lowest BCUT2D eigenvalue weighted by atomic mass is 10.1. The first-order valence-corrected chi connectivity index (χ1v) is 6.78. The van der Waals surface area contributed by atoms with Gasteiger partial charge in [0.2, 0.25) is 0 Å². The van der Waals surface area contributed by atoms with Crippen LogP contribution in [0.5, 0.6) is 5.75 Å². The molecule has 110 valence electrons. The topological polar surface area (TPSA) is 70.9 Å². The first kappa shape index (κ1) is 16.0. The van der Waals surface area contributed by atoms with Gasteiger partial charge in [0.15, 0.2) is 6.61 Å². The summed E-state index contributed by atoms with van der Waals surface area (Å²) in [5.41, 5.74) is 1.34. The Labute approximate surface area is 119 Å². The van der Waals surface area contributed by atoms with Crippen LogP contribution in [-0.2, 0) is 4.79 Å². The van der Waals surface area contributed by atoms with Gasteiger partial charge in [0.1, 0.15) is 5.75 Å². The summed E-state index contributed by atoms with van der Waals surface area (Å²) in [6, 6.07) is 7.21. The molecule has 1 aromatic rings. The van der Waals surface area contributed by atoms with E-state index in [4.69, 9.17) is 9.94 Å². The van der Waals surface area contributed by atoms with Gasteiger partial charge in [-0.3, -0.25) is 4.79 Å². The molecule has 0 aliphatic carbocycles. The monoisotopic (exact) mass is 278 g/mol. The van der Waals surface area contributed by atoms with Crippen LogP contribution >= 0.6 is 0 Å². The molecule has 20 heavy (non-hydrogen) atoms. The van der Waals surface area contributed by atoms with Crippen molar-refractivity contribution < 1.29 is 14.7 Å². The Hall–Kier alpha value is -2.04. The summed E-state index contributed by atoms with van der Waals surface area (Å²) in [6.07, 6.45) is 2.00. The van der Waals surface area contributed by atoms with Crippen LogP contribution in [0.25, 0.3) is 0 Å². The Morgan fingerprint density at radius 1 is 1.40 bits per heavy atom. The van der Waals surface area contributed by atoms with Crippen molar-refractivity contribution in [3.8, 4) is 5.75 Å². The first-order chi connectivity index (χ1) is 9.56. The van der Waals surface area contributed by atoms with E-state index in [1.807, 2.05) is 6.92 Å². The summed E-state index contributed by atoms with van der Waals surface area (Å²) in [5.74, 6) is 0.487. The molecule has 0 saturated carbocycles. The average molecular weight is 278 g/mol. The first-order valence-electron chi connectivity index (χ1n) is 6.78. The third-order valence-electron chi connectivity index (χ3n) is 2.92. The van der Waals surface area contributed by atoms with Gasteiger partial charge in [0, 0.05) is 6.04 Å². The van der Waals surface area contributed by atoms with Crippen molar-refractivity contribution in [2.24, 2.45) is 5.16 Å². The molecule has 0 aliphatic heterocycles. The molecule has 5 nitrogen and oxygen atoms in total. The van der Waals surface area contributed by atoms with Crippen LogP contribution in [0.1, 0.15) is 39.2 Å². The van der Waals surface area contributed by atoms with Gasteiger partial charge in [-0.1, -0.05) is 18.5 Å². The quantitative estimate of drug-likeness (QED) is 0.457. The summed E-state index contributed by atoms with van der Waals surface area (Å²) in [5, 5.41) is 14.7. The highest BCUT2D eigenvalue weighted by Crippen LogP contribution is 2.12. The molecule has 1 atom stereocenters. The Morgan fingerprint density at radius 2 is 2.05 bits per heavy atom. The van der Waals surface area contributed by atoms with Gasteiger partial charge in [-0.15, -0.1) is 0 Å². The molecule has 0 radical (unpaired) electrons. The van der Waals surface area contributed by atoms with Gasteiger partial charge in [-0.25, -0.2) is 0 Å². The number of oxime groups is 1. The maximum Gasteiger partial charge on any atom is 0.258 e. The van der Waals surface area contributed by atoms with Gasteiger partial charge in [0.05, 0.1) is 5.71 Å². The number of carbonyl (C=O) groups excluding carboxylic acids is 1. The minimum atomic E-state index is -0.122. The Bertz CT molecular complexity index is 455. The van der Waals surface area contributed by atoms with E-state index in [0.717, 1.165) is 18.4 Å². The summed E-state index contributed by atoms with van der Waals surface area (Å²) in [4.78, 5) is 11.6. The van der Waals surface area contributed by atoms with Crippen molar-refractivity contribution >= 4 is 11.6 Å². The molecule has 0 heterocycles. The Kier molecular flexibility index (Phi) is 6.56. The van der Waals surface area contributed by atoms with E-state index in [1.54, 1.807) is 31.2 Å². The number of hydrogen-bond acceptors (Lipinski definition) is 4.